The maximum absolute atomic E-state index is 11.2. The molecule has 0 aliphatic heterocycles. The average molecular weight is 373 g/mol. The fourth-order valence-corrected chi connectivity index (χ4v) is 2.93. The molecule has 1 aliphatic carbocycles. The predicted octanol–water partition coefficient (Wildman–Crippen LogP) is 2.94. The van der Waals surface area contributed by atoms with Crippen molar-refractivity contribution in [2.24, 2.45) is 7.05 Å². The molecule has 1 atom stereocenters. The van der Waals surface area contributed by atoms with Crippen LogP contribution >= 0.6 is 11.6 Å². The number of pyridine rings is 1. The number of carbonyl (C=O) groups is 1. The van der Waals surface area contributed by atoms with Crippen LogP contribution < -0.4 is 4.74 Å². The van der Waals surface area contributed by atoms with Crippen LogP contribution in [-0.4, -0.2) is 45.2 Å². The van der Waals surface area contributed by atoms with Crippen molar-refractivity contribution in [3.05, 3.63) is 53.8 Å². The summed E-state index contributed by atoms with van der Waals surface area (Å²) in [5.41, 5.74) is 2.24. The van der Waals surface area contributed by atoms with E-state index in [-0.39, 0.29) is 5.38 Å². The number of alkyl halides is 1. The van der Waals surface area contributed by atoms with Gasteiger partial charge in [0.1, 0.15) is 17.3 Å². The lowest BCUT2D eigenvalue weighted by molar-refractivity contribution is -0.104. The number of hydrogen-bond acceptors (Lipinski definition) is 5. The molecule has 1 aliphatic rings. The lowest BCUT2D eigenvalue weighted by atomic mass is 10.1. The van der Waals surface area contributed by atoms with Crippen LogP contribution in [0.15, 0.2) is 48.0 Å². The summed E-state index contributed by atoms with van der Waals surface area (Å²) >= 11 is 6.12. The zero-order chi connectivity index (χ0) is 18.7. The number of imidazole rings is 1. The quantitative estimate of drug-likeness (QED) is 0.576. The first-order valence-corrected chi connectivity index (χ1v) is 8.71. The Morgan fingerprint density at radius 2 is 2.15 bits per heavy atom. The largest absolute Gasteiger partial charge is 0.459 e. The Hall–Kier alpha value is -2.44. The molecule has 1 unspecified atom stereocenters. The van der Waals surface area contributed by atoms with Crippen molar-refractivity contribution in [3.63, 3.8) is 0 Å². The van der Waals surface area contributed by atoms with Crippen LogP contribution in [0.1, 0.15) is 12.2 Å². The number of halogens is 1. The van der Waals surface area contributed by atoms with Gasteiger partial charge in [0.05, 0.1) is 41.3 Å². The second-order valence-electron chi connectivity index (χ2n) is 6.41. The molecule has 0 spiro atoms. The van der Waals surface area contributed by atoms with Crippen LogP contribution in [0.3, 0.4) is 0 Å². The number of aldehydes is 1. The van der Waals surface area contributed by atoms with Crippen molar-refractivity contribution in [3.8, 4) is 17.1 Å². The number of nitrogens with zero attached hydrogens (tertiary/aromatic N) is 4. The topological polar surface area (TPSA) is 60.3 Å². The average Bonchev–Trinajstić information content (AvgIpc) is 2.96. The monoisotopic (exact) mass is 372 g/mol. The molecule has 0 N–H and O–H groups in total. The summed E-state index contributed by atoms with van der Waals surface area (Å²) in [5, 5.41) is -0.175. The molecule has 2 aromatic rings. The van der Waals surface area contributed by atoms with Gasteiger partial charge in [-0.2, -0.15) is 0 Å². The maximum atomic E-state index is 11.2. The lowest BCUT2D eigenvalue weighted by Gasteiger charge is -2.17. The molecule has 0 saturated heterocycles. The molecular formula is C19H21ClN4O2. The molecule has 0 bridgehead atoms. The van der Waals surface area contributed by atoms with Crippen molar-refractivity contribution >= 4 is 17.9 Å². The first-order valence-electron chi connectivity index (χ1n) is 8.28. The van der Waals surface area contributed by atoms with E-state index in [1.165, 1.54) is 0 Å². The lowest BCUT2D eigenvalue weighted by Crippen LogP contribution is -2.14. The van der Waals surface area contributed by atoms with Gasteiger partial charge in [0.2, 0.25) is 0 Å². The molecular weight excluding hydrogens is 352 g/mol. The summed E-state index contributed by atoms with van der Waals surface area (Å²) in [5.74, 6) is 2.10. The van der Waals surface area contributed by atoms with Gasteiger partial charge >= 0.3 is 0 Å². The molecule has 0 fully saturated rings. The Labute approximate surface area is 157 Å². The third-order valence-electron chi connectivity index (χ3n) is 4.10. The first-order chi connectivity index (χ1) is 12.5. The molecule has 7 heteroatoms. The summed E-state index contributed by atoms with van der Waals surface area (Å²) in [6, 6.07) is 3.71. The molecule has 2 aromatic heterocycles. The summed E-state index contributed by atoms with van der Waals surface area (Å²) in [6.45, 7) is 0.757. The highest BCUT2D eigenvalue weighted by molar-refractivity contribution is 6.22. The summed E-state index contributed by atoms with van der Waals surface area (Å²) in [7, 11) is 5.99. The van der Waals surface area contributed by atoms with E-state index in [1.807, 2.05) is 44.0 Å². The minimum absolute atomic E-state index is 0.175. The molecule has 0 aromatic carbocycles. The van der Waals surface area contributed by atoms with Gasteiger partial charge in [0.25, 0.3) is 0 Å². The second kappa shape index (κ2) is 7.85. The first kappa shape index (κ1) is 18.4. The number of ether oxygens (including phenoxy) is 1. The van der Waals surface area contributed by atoms with Gasteiger partial charge in [-0.05, 0) is 26.2 Å². The van der Waals surface area contributed by atoms with E-state index in [9.17, 15) is 4.79 Å². The predicted molar refractivity (Wildman–Crippen MR) is 101 cm³/mol. The van der Waals surface area contributed by atoms with Crippen LogP contribution in [0.5, 0.6) is 5.75 Å². The number of rotatable bonds is 6. The van der Waals surface area contributed by atoms with Gasteiger partial charge in [-0.1, -0.05) is 12.2 Å². The standard InChI is InChI=1S/C19H21ClN4O2/c1-23(2)11-19-22-10-17(24(19)3)16-7-6-15(9-21-16)26-18-8-14(20)5-4-13(18)12-25/h4-7,9-10,12,14H,8,11H2,1-3H3. The highest BCUT2D eigenvalue weighted by Gasteiger charge is 2.17. The van der Waals surface area contributed by atoms with Gasteiger partial charge in [0, 0.05) is 13.5 Å². The van der Waals surface area contributed by atoms with Gasteiger partial charge < -0.3 is 14.2 Å². The minimum Gasteiger partial charge on any atom is -0.459 e. The van der Waals surface area contributed by atoms with E-state index in [0.29, 0.717) is 23.5 Å². The fraction of sp³-hybridized carbons (Fsp3) is 0.316. The van der Waals surface area contributed by atoms with Crippen molar-refractivity contribution in [1.82, 2.24) is 19.4 Å². The van der Waals surface area contributed by atoms with E-state index in [1.54, 1.807) is 18.3 Å². The van der Waals surface area contributed by atoms with Gasteiger partial charge in [-0.15, -0.1) is 11.6 Å². The zero-order valence-electron chi connectivity index (χ0n) is 15.0. The number of hydrogen-bond donors (Lipinski definition) is 0. The van der Waals surface area contributed by atoms with Crippen molar-refractivity contribution < 1.29 is 9.53 Å². The molecule has 0 amide bonds. The summed E-state index contributed by atoms with van der Waals surface area (Å²) in [6.07, 6.45) is 8.19. The van der Waals surface area contributed by atoms with Crippen molar-refractivity contribution in [2.75, 3.05) is 14.1 Å². The number of carbonyl (C=O) groups excluding carboxylic acids is 1. The Balaban J connectivity index is 1.79. The normalized spacial score (nSPS) is 17.0. The number of allylic oxidation sites excluding steroid dienone is 4. The molecule has 0 radical (unpaired) electrons. The summed E-state index contributed by atoms with van der Waals surface area (Å²) in [4.78, 5) is 22.2. The number of aromatic nitrogens is 3. The molecule has 6 nitrogen and oxygen atoms in total. The third kappa shape index (κ3) is 4.03. The highest BCUT2D eigenvalue weighted by atomic mass is 35.5. The van der Waals surface area contributed by atoms with E-state index in [2.05, 4.69) is 14.9 Å². The van der Waals surface area contributed by atoms with E-state index >= 15 is 0 Å². The van der Waals surface area contributed by atoms with Gasteiger partial charge in [0.15, 0.2) is 6.29 Å². The van der Waals surface area contributed by atoms with Gasteiger partial charge in [-0.3, -0.25) is 9.78 Å². The van der Waals surface area contributed by atoms with E-state index < -0.39 is 0 Å². The molecule has 2 heterocycles. The Kier molecular flexibility index (Phi) is 5.54. The molecule has 26 heavy (non-hydrogen) atoms. The second-order valence-corrected chi connectivity index (χ2v) is 6.97. The molecule has 136 valence electrons. The Morgan fingerprint density at radius 1 is 1.35 bits per heavy atom. The van der Waals surface area contributed by atoms with Crippen LogP contribution in [0.4, 0.5) is 0 Å². The smallest absolute Gasteiger partial charge is 0.153 e. The zero-order valence-corrected chi connectivity index (χ0v) is 15.8. The van der Waals surface area contributed by atoms with Gasteiger partial charge in [-0.25, -0.2) is 4.98 Å². The summed E-state index contributed by atoms with van der Waals surface area (Å²) < 4.78 is 7.86. The van der Waals surface area contributed by atoms with Crippen molar-refractivity contribution in [2.45, 2.75) is 18.3 Å². The maximum Gasteiger partial charge on any atom is 0.153 e. The van der Waals surface area contributed by atoms with Crippen LogP contribution in [0.25, 0.3) is 11.4 Å². The molecule has 3 rings (SSSR count). The van der Waals surface area contributed by atoms with E-state index in [0.717, 1.165) is 30.0 Å². The van der Waals surface area contributed by atoms with E-state index in [4.69, 9.17) is 16.3 Å². The Morgan fingerprint density at radius 3 is 2.81 bits per heavy atom. The SMILES string of the molecule is CN(C)Cc1ncc(-c2ccc(OC3=C(C=O)C=CC(Cl)C3)cn2)n1C. The Bertz CT molecular complexity index is 853. The highest BCUT2D eigenvalue weighted by Crippen LogP contribution is 2.26. The van der Waals surface area contributed by atoms with Crippen LogP contribution in [-0.2, 0) is 18.4 Å². The van der Waals surface area contributed by atoms with Crippen LogP contribution in [0.2, 0.25) is 0 Å². The van der Waals surface area contributed by atoms with Crippen molar-refractivity contribution in [1.29, 1.82) is 0 Å². The van der Waals surface area contributed by atoms with Crippen LogP contribution in [0, 0.1) is 0 Å². The molecule has 0 saturated carbocycles. The minimum atomic E-state index is -0.175. The fourth-order valence-electron chi connectivity index (χ4n) is 2.72. The third-order valence-corrected chi connectivity index (χ3v) is 4.40.